The fourth-order valence-electron chi connectivity index (χ4n) is 5.02. The Morgan fingerprint density at radius 3 is 2.29 bits per heavy atom. The van der Waals surface area contributed by atoms with E-state index in [1.807, 2.05) is 0 Å². The second-order valence-electron chi connectivity index (χ2n) is 8.86. The number of rotatable bonds is 5. The molecule has 2 fully saturated rings. The number of carbonyl (C=O) groups is 2. The van der Waals surface area contributed by atoms with E-state index in [9.17, 15) is 22.8 Å². The van der Waals surface area contributed by atoms with Crippen LogP contribution in [0.4, 0.5) is 18.9 Å². The molecule has 0 bridgehead atoms. The number of hydrogen-bond donors (Lipinski definition) is 1. The molecule has 4 rings (SSSR count). The highest BCUT2D eigenvalue weighted by molar-refractivity contribution is 6.30. The van der Waals surface area contributed by atoms with Gasteiger partial charge in [-0.25, -0.2) is 0 Å². The van der Waals surface area contributed by atoms with Crippen molar-refractivity contribution in [2.75, 3.05) is 31.5 Å². The molecule has 1 aliphatic carbocycles. The fourth-order valence-corrected chi connectivity index (χ4v) is 5.21. The lowest BCUT2D eigenvalue weighted by Gasteiger charge is -2.41. The summed E-state index contributed by atoms with van der Waals surface area (Å²) in [5.74, 6) is -0.544. The number of hydrogen-bond acceptors (Lipinski definition) is 3. The smallest absolute Gasteiger partial charge is 0.336 e. The quantitative estimate of drug-likeness (QED) is 0.614. The monoisotopic (exact) mass is 493 g/mol. The van der Waals surface area contributed by atoms with Crippen LogP contribution in [0.25, 0.3) is 0 Å². The van der Waals surface area contributed by atoms with E-state index in [1.54, 1.807) is 24.3 Å². The molecule has 1 saturated heterocycles. The molecule has 0 radical (unpaired) electrons. The molecule has 1 unspecified atom stereocenters. The molecule has 1 N–H and O–H groups in total. The second-order valence-corrected chi connectivity index (χ2v) is 9.30. The molecule has 2 amide bonds. The summed E-state index contributed by atoms with van der Waals surface area (Å²) < 4.78 is 40.1. The van der Waals surface area contributed by atoms with Crippen LogP contribution in [0.1, 0.15) is 41.6 Å². The Kier molecular flexibility index (Phi) is 7.48. The lowest BCUT2D eigenvalue weighted by Crippen LogP contribution is -2.57. The van der Waals surface area contributed by atoms with E-state index in [-0.39, 0.29) is 36.5 Å². The van der Waals surface area contributed by atoms with Gasteiger partial charge >= 0.3 is 6.18 Å². The van der Waals surface area contributed by atoms with E-state index in [1.165, 1.54) is 23.1 Å². The highest BCUT2D eigenvalue weighted by Crippen LogP contribution is 2.34. The highest BCUT2D eigenvalue weighted by atomic mass is 35.5. The summed E-state index contributed by atoms with van der Waals surface area (Å²) in [4.78, 5) is 29.7. The van der Waals surface area contributed by atoms with Crippen LogP contribution in [-0.4, -0.2) is 53.8 Å². The summed E-state index contributed by atoms with van der Waals surface area (Å²) in [7, 11) is 0. The van der Waals surface area contributed by atoms with Crippen LogP contribution in [0.3, 0.4) is 0 Å². The number of amides is 2. The van der Waals surface area contributed by atoms with Crippen molar-refractivity contribution >= 4 is 29.1 Å². The van der Waals surface area contributed by atoms with E-state index in [2.05, 4.69) is 10.2 Å². The van der Waals surface area contributed by atoms with Crippen molar-refractivity contribution in [3.8, 4) is 0 Å². The number of anilines is 1. The maximum absolute atomic E-state index is 13.4. The molecule has 1 heterocycles. The van der Waals surface area contributed by atoms with E-state index in [0.29, 0.717) is 23.8 Å². The molecule has 1 atom stereocenters. The average molecular weight is 494 g/mol. The molecule has 2 aromatic rings. The zero-order valence-electron chi connectivity index (χ0n) is 18.7. The van der Waals surface area contributed by atoms with Gasteiger partial charge in [0.25, 0.3) is 5.91 Å². The summed E-state index contributed by atoms with van der Waals surface area (Å²) in [6.45, 7) is 1.37. The van der Waals surface area contributed by atoms with Gasteiger partial charge in [-0.05, 0) is 49.1 Å². The van der Waals surface area contributed by atoms with Crippen molar-refractivity contribution in [1.82, 2.24) is 9.80 Å². The predicted molar refractivity (Wildman–Crippen MR) is 125 cm³/mol. The van der Waals surface area contributed by atoms with Crippen molar-refractivity contribution < 1.29 is 22.8 Å². The minimum Gasteiger partial charge on any atom is -0.336 e. The number of nitrogens with one attached hydrogen (secondary N) is 1. The number of carbonyl (C=O) groups excluding carboxylic acids is 2. The number of piperazine rings is 1. The van der Waals surface area contributed by atoms with Gasteiger partial charge in [0.15, 0.2) is 0 Å². The minimum absolute atomic E-state index is 0.114. The average Bonchev–Trinajstić information content (AvgIpc) is 3.33. The molecule has 2 aromatic carbocycles. The number of benzene rings is 2. The van der Waals surface area contributed by atoms with Crippen LogP contribution in [0.2, 0.25) is 5.02 Å². The van der Waals surface area contributed by atoms with Crippen LogP contribution in [0.5, 0.6) is 0 Å². The van der Waals surface area contributed by atoms with Crippen LogP contribution < -0.4 is 5.32 Å². The highest BCUT2D eigenvalue weighted by Gasteiger charge is 2.39. The SMILES string of the molecule is O=C(Nc1cccc(Cl)c1)C(C1CCCC1)N1CCN(C(=O)c2ccccc2C(F)(F)F)CC1. The van der Waals surface area contributed by atoms with Gasteiger partial charge in [-0.1, -0.05) is 42.6 Å². The summed E-state index contributed by atoms with van der Waals surface area (Å²) >= 11 is 6.05. The van der Waals surface area contributed by atoms with Gasteiger partial charge in [-0.15, -0.1) is 0 Å². The first-order chi connectivity index (χ1) is 16.2. The third kappa shape index (κ3) is 5.55. The minimum atomic E-state index is -4.60. The van der Waals surface area contributed by atoms with Gasteiger partial charge in [0.05, 0.1) is 17.2 Å². The largest absolute Gasteiger partial charge is 0.417 e. The molecular weight excluding hydrogens is 467 g/mol. The van der Waals surface area contributed by atoms with Gasteiger partial charge < -0.3 is 10.2 Å². The van der Waals surface area contributed by atoms with E-state index in [0.717, 1.165) is 31.7 Å². The molecular formula is C25H27ClF3N3O2. The standard InChI is InChI=1S/C25H27ClF3N3O2/c26-18-8-5-9-19(16-18)30-23(33)22(17-6-1-2-7-17)31-12-14-32(15-13-31)24(34)20-10-3-4-11-21(20)25(27,28)29/h3-5,8-11,16-17,22H,1-2,6-7,12-15H2,(H,30,33). The summed E-state index contributed by atoms with van der Waals surface area (Å²) in [5, 5.41) is 3.50. The number of halogens is 4. The molecule has 2 aliphatic rings. The molecule has 0 spiro atoms. The van der Waals surface area contributed by atoms with Crippen molar-refractivity contribution in [3.63, 3.8) is 0 Å². The van der Waals surface area contributed by atoms with Gasteiger partial charge in [0.2, 0.25) is 5.91 Å². The van der Waals surface area contributed by atoms with Crippen molar-refractivity contribution in [1.29, 1.82) is 0 Å². The molecule has 9 heteroatoms. The van der Waals surface area contributed by atoms with E-state index < -0.39 is 17.6 Å². The Hall–Kier alpha value is -2.58. The molecule has 182 valence electrons. The summed E-state index contributed by atoms with van der Waals surface area (Å²) in [5.41, 5.74) is -0.639. The van der Waals surface area contributed by atoms with Crippen molar-refractivity contribution in [3.05, 3.63) is 64.7 Å². The lowest BCUT2D eigenvalue weighted by atomic mass is 9.94. The van der Waals surface area contributed by atoms with Crippen molar-refractivity contribution in [2.45, 2.75) is 37.9 Å². The van der Waals surface area contributed by atoms with Crippen LogP contribution in [-0.2, 0) is 11.0 Å². The van der Waals surface area contributed by atoms with Gasteiger partial charge in [0.1, 0.15) is 0 Å². The van der Waals surface area contributed by atoms with Gasteiger partial charge in [-0.3, -0.25) is 14.5 Å². The summed E-state index contributed by atoms with van der Waals surface area (Å²) in [6.07, 6.45) is -0.561. The first kappa shape index (κ1) is 24.5. The van der Waals surface area contributed by atoms with Gasteiger partial charge in [-0.2, -0.15) is 13.2 Å². The first-order valence-corrected chi connectivity index (χ1v) is 11.9. The molecule has 1 aliphatic heterocycles. The zero-order chi connectivity index (χ0) is 24.3. The molecule has 5 nitrogen and oxygen atoms in total. The number of nitrogens with zero attached hydrogens (tertiary/aromatic N) is 2. The van der Waals surface area contributed by atoms with Gasteiger partial charge in [0, 0.05) is 36.9 Å². The van der Waals surface area contributed by atoms with Crippen LogP contribution in [0, 0.1) is 5.92 Å². The maximum atomic E-state index is 13.4. The topological polar surface area (TPSA) is 52.7 Å². The van der Waals surface area contributed by atoms with E-state index >= 15 is 0 Å². The van der Waals surface area contributed by atoms with Crippen LogP contribution >= 0.6 is 11.6 Å². The third-order valence-corrected chi connectivity index (χ3v) is 6.90. The third-order valence-electron chi connectivity index (χ3n) is 6.66. The predicted octanol–water partition coefficient (Wildman–Crippen LogP) is 5.31. The Morgan fingerprint density at radius 1 is 0.971 bits per heavy atom. The maximum Gasteiger partial charge on any atom is 0.417 e. The Bertz CT molecular complexity index is 1030. The first-order valence-electron chi connectivity index (χ1n) is 11.5. The Balaban J connectivity index is 1.46. The fraction of sp³-hybridized carbons (Fsp3) is 0.440. The lowest BCUT2D eigenvalue weighted by molar-refractivity contribution is -0.138. The molecule has 34 heavy (non-hydrogen) atoms. The molecule has 1 saturated carbocycles. The zero-order valence-corrected chi connectivity index (χ0v) is 19.4. The van der Waals surface area contributed by atoms with Crippen molar-refractivity contribution in [2.24, 2.45) is 5.92 Å². The number of alkyl halides is 3. The normalized spacial score (nSPS) is 18.6. The second kappa shape index (κ2) is 10.4. The van der Waals surface area contributed by atoms with Crippen LogP contribution in [0.15, 0.2) is 48.5 Å². The van der Waals surface area contributed by atoms with E-state index in [4.69, 9.17) is 11.6 Å². The Morgan fingerprint density at radius 2 is 1.65 bits per heavy atom. The molecule has 0 aromatic heterocycles. The summed E-state index contributed by atoms with van der Waals surface area (Å²) in [6, 6.07) is 11.5. The Labute approximate surface area is 201 Å².